The van der Waals surface area contributed by atoms with E-state index in [2.05, 4.69) is 34.5 Å². The quantitative estimate of drug-likeness (QED) is 0.827. The van der Waals surface area contributed by atoms with Crippen molar-refractivity contribution in [2.45, 2.75) is 70.9 Å². The molecule has 0 atom stereocenters. The highest BCUT2D eigenvalue weighted by atomic mass is 16.2. The second-order valence-electron chi connectivity index (χ2n) is 7.87. The van der Waals surface area contributed by atoms with Gasteiger partial charge in [0.05, 0.1) is 0 Å². The smallest absolute Gasteiger partial charge is 0.223 e. The van der Waals surface area contributed by atoms with E-state index in [1.165, 1.54) is 57.1 Å². The largest absolute Gasteiger partial charge is 0.317 e. The highest BCUT2D eigenvalue weighted by Crippen LogP contribution is 2.26. The maximum atomic E-state index is 12.3. The van der Waals surface area contributed by atoms with Crippen molar-refractivity contribution >= 4 is 11.6 Å². The predicted molar refractivity (Wildman–Crippen MR) is 108 cm³/mol. The van der Waals surface area contributed by atoms with Crippen LogP contribution in [0, 0.1) is 0 Å². The van der Waals surface area contributed by atoms with E-state index in [1.807, 2.05) is 4.90 Å². The highest BCUT2D eigenvalue weighted by molar-refractivity contribution is 5.92. The molecule has 0 aliphatic carbocycles. The van der Waals surface area contributed by atoms with Crippen LogP contribution in [-0.4, -0.2) is 43.0 Å². The Morgan fingerprint density at radius 1 is 0.962 bits per heavy atom. The standard InChI is InChI=1S/C22H35N3O/c1-19(26)25-17-9-5-3-2-4-8-16-24(21-12-14-23-15-13-21)18-20-10-6-7-11-22(20)25/h6-7,10-11,21,23H,2-5,8-9,12-18H2,1H3. The summed E-state index contributed by atoms with van der Waals surface area (Å²) < 4.78 is 0. The highest BCUT2D eigenvalue weighted by Gasteiger charge is 2.23. The number of nitrogens with zero attached hydrogens (tertiary/aromatic N) is 2. The number of nitrogens with one attached hydrogen (secondary N) is 1. The zero-order valence-electron chi connectivity index (χ0n) is 16.4. The molecular formula is C22H35N3O. The summed E-state index contributed by atoms with van der Waals surface area (Å²) >= 11 is 0. The molecule has 0 saturated carbocycles. The number of carbonyl (C=O) groups excluding carboxylic acids is 1. The number of carbonyl (C=O) groups is 1. The third-order valence-electron chi connectivity index (χ3n) is 5.94. The van der Waals surface area contributed by atoms with Crippen LogP contribution in [0.5, 0.6) is 0 Å². The Hall–Kier alpha value is -1.39. The van der Waals surface area contributed by atoms with Gasteiger partial charge in [0.15, 0.2) is 0 Å². The number of para-hydroxylation sites is 1. The fraction of sp³-hybridized carbons (Fsp3) is 0.682. The summed E-state index contributed by atoms with van der Waals surface area (Å²) in [6.07, 6.45) is 10.0. The van der Waals surface area contributed by atoms with Gasteiger partial charge in [-0.25, -0.2) is 0 Å². The van der Waals surface area contributed by atoms with E-state index in [4.69, 9.17) is 0 Å². The van der Waals surface area contributed by atoms with Crippen molar-refractivity contribution in [2.24, 2.45) is 0 Å². The number of piperidine rings is 1. The van der Waals surface area contributed by atoms with E-state index in [0.717, 1.165) is 38.3 Å². The monoisotopic (exact) mass is 357 g/mol. The molecule has 0 aromatic heterocycles. The Kier molecular flexibility index (Phi) is 7.51. The Morgan fingerprint density at radius 3 is 2.35 bits per heavy atom. The Labute approximate surface area is 158 Å². The average molecular weight is 358 g/mol. The van der Waals surface area contributed by atoms with Crippen LogP contribution < -0.4 is 10.2 Å². The van der Waals surface area contributed by atoms with Crippen LogP contribution in [0.4, 0.5) is 5.69 Å². The molecule has 2 aliphatic rings. The summed E-state index contributed by atoms with van der Waals surface area (Å²) in [7, 11) is 0. The van der Waals surface area contributed by atoms with E-state index >= 15 is 0 Å². The first-order valence-electron chi connectivity index (χ1n) is 10.6. The number of fused-ring (bicyclic) bond motifs is 1. The third kappa shape index (κ3) is 5.31. The normalized spacial score (nSPS) is 22.0. The molecule has 1 saturated heterocycles. The van der Waals surface area contributed by atoms with Crippen molar-refractivity contribution in [3.8, 4) is 0 Å². The van der Waals surface area contributed by atoms with Crippen LogP contribution in [-0.2, 0) is 11.3 Å². The molecule has 0 spiro atoms. The lowest BCUT2D eigenvalue weighted by Crippen LogP contribution is -2.43. The van der Waals surface area contributed by atoms with Crippen molar-refractivity contribution in [3.63, 3.8) is 0 Å². The van der Waals surface area contributed by atoms with Gasteiger partial charge >= 0.3 is 0 Å². The van der Waals surface area contributed by atoms with Crippen LogP contribution in [0.25, 0.3) is 0 Å². The first-order valence-corrected chi connectivity index (χ1v) is 10.6. The molecule has 26 heavy (non-hydrogen) atoms. The Balaban J connectivity index is 1.85. The maximum Gasteiger partial charge on any atom is 0.223 e. The molecule has 2 heterocycles. The molecule has 2 aliphatic heterocycles. The molecule has 0 unspecified atom stereocenters. The fourth-order valence-corrected chi connectivity index (χ4v) is 4.43. The summed E-state index contributed by atoms with van der Waals surface area (Å²) in [5.41, 5.74) is 2.43. The summed E-state index contributed by atoms with van der Waals surface area (Å²) in [6, 6.07) is 9.22. The van der Waals surface area contributed by atoms with E-state index in [0.29, 0.717) is 6.04 Å². The second-order valence-corrected chi connectivity index (χ2v) is 7.87. The molecule has 1 fully saturated rings. The molecule has 1 aromatic rings. The number of rotatable bonds is 1. The van der Waals surface area contributed by atoms with Crippen molar-refractivity contribution < 1.29 is 4.79 Å². The van der Waals surface area contributed by atoms with Gasteiger partial charge in [-0.3, -0.25) is 9.69 Å². The molecule has 4 heteroatoms. The average Bonchev–Trinajstić information content (AvgIpc) is 2.68. The minimum atomic E-state index is 0.167. The van der Waals surface area contributed by atoms with Crippen LogP contribution >= 0.6 is 0 Å². The fourth-order valence-electron chi connectivity index (χ4n) is 4.43. The predicted octanol–water partition coefficient (Wildman–Crippen LogP) is 3.95. The lowest BCUT2D eigenvalue weighted by atomic mass is 10.0. The lowest BCUT2D eigenvalue weighted by molar-refractivity contribution is -0.116. The van der Waals surface area contributed by atoms with Gasteiger partial charge in [0, 0.05) is 31.7 Å². The molecule has 1 aromatic carbocycles. The van der Waals surface area contributed by atoms with Gasteiger partial charge in [0.25, 0.3) is 0 Å². The van der Waals surface area contributed by atoms with Gasteiger partial charge in [0.2, 0.25) is 5.91 Å². The van der Waals surface area contributed by atoms with Crippen LogP contribution in [0.15, 0.2) is 24.3 Å². The van der Waals surface area contributed by atoms with E-state index in [-0.39, 0.29) is 5.91 Å². The van der Waals surface area contributed by atoms with Gasteiger partial charge in [-0.05, 0) is 56.9 Å². The molecule has 3 rings (SSSR count). The van der Waals surface area contributed by atoms with Gasteiger partial charge in [0.1, 0.15) is 0 Å². The van der Waals surface area contributed by atoms with Gasteiger partial charge in [-0.15, -0.1) is 0 Å². The zero-order valence-corrected chi connectivity index (χ0v) is 16.4. The molecule has 144 valence electrons. The van der Waals surface area contributed by atoms with Gasteiger partial charge in [-0.2, -0.15) is 0 Å². The molecule has 0 radical (unpaired) electrons. The van der Waals surface area contributed by atoms with Crippen molar-refractivity contribution in [1.29, 1.82) is 0 Å². The number of hydrogen-bond donors (Lipinski definition) is 1. The van der Waals surface area contributed by atoms with Crippen molar-refractivity contribution in [2.75, 3.05) is 31.1 Å². The first kappa shape index (κ1) is 19.4. The van der Waals surface area contributed by atoms with Crippen molar-refractivity contribution in [1.82, 2.24) is 10.2 Å². The summed E-state index contributed by atoms with van der Waals surface area (Å²) in [5, 5.41) is 3.49. The SMILES string of the molecule is CC(=O)N1CCCCCCCCN(C2CCNCC2)Cc2ccccc21. The summed E-state index contributed by atoms with van der Waals surface area (Å²) in [5.74, 6) is 0.167. The molecule has 0 bridgehead atoms. The summed E-state index contributed by atoms with van der Waals surface area (Å²) in [6.45, 7) is 6.95. The van der Waals surface area contributed by atoms with Crippen LogP contribution in [0.3, 0.4) is 0 Å². The van der Waals surface area contributed by atoms with Gasteiger partial charge < -0.3 is 10.2 Å². The van der Waals surface area contributed by atoms with E-state index in [9.17, 15) is 4.79 Å². The number of hydrogen-bond acceptors (Lipinski definition) is 3. The first-order chi connectivity index (χ1) is 12.8. The lowest BCUT2D eigenvalue weighted by Gasteiger charge is -2.36. The third-order valence-corrected chi connectivity index (χ3v) is 5.94. The minimum Gasteiger partial charge on any atom is -0.317 e. The van der Waals surface area contributed by atoms with Gasteiger partial charge in [-0.1, -0.05) is 43.9 Å². The molecule has 1 amide bonds. The molecule has 1 N–H and O–H groups in total. The van der Waals surface area contributed by atoms with E-state index < -0.39 is 0 Å². The van der Waals surface area contributed by atoms with Crippen molar-refractivity contribution in [3.05, 3.63) is 29.8 Å². The zero-order chi connectivity index (χ0) is 18.2. The summed E-state index contributed by atoms with van der Waals surface area (Å²) in [4.78, 5) is 17.0. The molecule has 4 nitrogen and oxygen atoms in total. The molecular weight excluding hydrogens is 322 g/mol. The topological polar surface area (TPSA) is 35.6 Å². The van der Waals surface area contributed by atoms with Crippen LogP contribution in [0.2, 0.25) is 0 Å². The Morgan fingerprint density at radius 2 is 1.62 bits per heavy atom. The second kappa shape index (κ2) is 10.1. The van der Waals surface area contributed by atoms with E-state index in [1.54, 1.807) is 6.92 Å². The number of benzene rings is 1. The number of anilines is 1. The maximum absolute atomic E-state index is 12.3. The minimum absolute atomic E-state index is 0.167. The van der Waals surface area contributed by atoms with Crippen LogP contribution in [0.1, 0.15) is 63.9 Å². The Bertz CT molecular complexity index is 568. The number of amides is 1.